The number of nitrogens with one attached hydrogen (secondary N) is 2. The summed E-state index contributed by atoms with van der Waals surface area (Å²) in [6.45, 7) is 6.50. The molecule has 0 amide bonds. The van der Waals surface area contributed by atoms with Crippen molar-refractivity contribution in [2.45, 2.75) is 13.3 Å². The lowest BCUT2D eigenvalue weighted by molar-refractivity contribution is 0.300. The maximum absolute atomic E-state index is 13.0. The Hall–Kier alpha value is -3.94. The van der Waals surface area contributed by atoms with E-state index in [2.05, 4.69) is 34.9 Å². The van der Waals surface area contributed by atoms with Crippen LogP contribution in [0.3, 0.4) is 0 Å². The molecular formula is C28H29ClN4O4S. The van der Waals surface area contributed by atoms with Gasteiger partial charge in [-0.2, -0.15) is 0 Å². The molecule has 2 aromatic carbocycles. The second kappa shape index (κ2) is 14.7. The van der Waals surface area contributed by atoms with Gasteiger partial charge in [0.15, 0.2) is 5.76 Å². The molecule has 0 aliphatic carbocycles. The van der Waals surface area contributed by atoms with Crippen molar-refractivity contribution in [3.63, 3.8) is 0 Å². The Labute approximate surface area is 227 Å². The number of H-pyrrole nitrogens is 1. The number of oxime groups is 1. The summed E-state index contributed by atoms with van der Waals surface area (Å²) in [5.41, 5.74) is 2.03. The quantitative estimate of drug-likeness (QED) is 0.0786. The topological polar surface area (TPSA) is 127 Å². The van der Waals surface area contributed by atoms with Crippen LogP contribution in [-0.2, 0) is 14.9 Å². The number of halogens is 1. The SMILES string of the molecule is C#C.C=C(O/N=C/CNCC/C=C\C(=C/C)S(N)(=O)=O)c1c(-c2ccccc2)c2cc(Cl)ccc2[nH]c1=O. The molecule has 0 atom stereocenters. The van der Waals surface area contributed by atoms with Crippen LogP contribution >= 0.6 is 11.6 Å². The highest BCUT2D eigenvalue weighted by atomic mass is 35.5. The largest absolute Gasteiger partial charge is 0.357 e. The first-order chi connectivity index (χ1) is 18.2. The minimum Gasteiger partial charge on any atom is -0.357 e. The van der Waals surface area contributed by atoms with Gasteiger partial charge in [0, 0.05) is 28.0 Å². The lowest BCUT2D eigenvalue weighted by atomic mass is 9.95. The second-order valence-corrected chi connectivity index (χ2v) is 9.69. The summed E-state index contributed by atoms with van der Waals surface area (Å²) in [5, 5.41) is 13.4. The number of allylic oxidation sites excluding steroid dienone is 2. The van der Waals surface area contributed by atoms with Crippen molar-refractivity contribution >= 4 is 44.5 Å². The van der Waals surface area contributed by atoms with Crippen LogP contribution in [0.5, 0.6) is 0 Å². The lowest BCUT2D eigenvalue weighted by Gasteiger charge is -2.13. The average Bonchev–Trinajstić information content (AvgIpc) is 2.90. The Kier molecular flexibility index (Phi) is 11.7. The molecule has 198 valence electrons. The first-order valence-corrected chi connectivity index (χ1v) is 13.3. The molecule has 0 fully saturated rings. The third-order valence-corrected chi connectivity index (χ3v) is 6.44. The summed E-state index contributed by atoms with van der Waals surface area (Å²) >= 11 is 6.24. The first kappa shape index (κ1) is 30.3. The Bertz CT molecular complexity index is 1540. The number of sulfonamides is 1. The fourth-order valence-electron chi connectivity index (χ4n) is 3.53. The van der Waals surface area contributed by atoms with Gasteiger partial charge in [-0.15, -0.1) is 12.8 Å². The summed E-state index contributed by atoms with van der Waals surface area (Å²) in [6.07, 6.45) is 14.7. The zero-order valence-corrected chi connectivity index (χ0v) is 22.4. The van der Waals surface area contributed by atoms with Gasteiger partial charge in [0.1, 0.15) is 0 Å². The van der Waals surface area contributed by atoms with Crippen LogP contribution in [0.2, 0.25) is 5.02 Å². The molecule has 4 N–H and O–H groups in total. The van der Waals surface area contributed by atoms with E-state index in [0.717, 1.165) is 10.9 Å². The van der Waals surface area contributed by atoms with Crippen molar-refractivity contribution in [3.05, 3.63) is 99.2 Å². The van der Waals surface area contributed by atoms with Crippen molar-refractivity contribution in [1.82, 2.24) is 10.3 Å². The van der Waals surface area contributed by atoms with Crippen molar-refractivity contribution in [2.75, 3.05) is 13.1 Å². The number of nitrogens with zero attached hydrogens (tertiary/aromatic N) is 1. The van der Waals surface area contributed by atoms with E-state index in [9.17, 15) is 13.2 Å². The molecule has 8 nitrogen and oxygen atoms in total. The number of terminal acetylenes is 1. The van der Waals surface area contributed by atoms with Gasteiger partial charge in [0.2, 0.25) is 10.0 Å². The smallest absolute Gasteiger partial charge is 0.260 e. The van der Waals surface area contributed by atoms with Gasteiger partial charge in [-0.3, -0.25) is 4.79 Å². The van der Waals surface area contributed by atoms with Crippen LogP contribution in [0.4, 0.5) is 0 Å². The molecule has 1 aromatic heterocycles. The van der Waals surface area contributed by atoms with Crippen molar-refractivity contribution < 1.29 is 13.3 Å². The molecule has 10 heteroatoms. The van der Waals surface area contributed by atoms with Gasteiger partial charge in [0.25, 0.3) is 5.56 Å². The molecule has 0 spiro atoms. The van der Waals surface area contributed by atoms with Crippen LogP contribution in [-0.4, -0.2) is 32.7 Å². The van der Waals surface area contributed by atoms with Crippen LogP contribution in [0.15, 0.2) is 88.2 Å². The second-order valence-electron chi connectivity index (χ2n) is 7.69. The highest BCUT2D eigenvalue weighted by molar-refractivity contribution is 7.93. The van der Waals surface area contributed by atoms with Crippen molar-refractivity contribution in [3.8, 4) is 24.0 Å². The normalized spacial score (nSPS) is 12.0. The van der Waals surface area contributed by atoms with Gasteiger partial charge >= 0.3 is 0 Å². The van der Waals surface area contributed by atoms with Crippen LogP contribution in [0, 0.1) is 12.8 Å². The minimum atomic E-state index is -3.71. The van der Waals surface area contributed by atoms with E-state index >= 15 is 0 Å². The number of hydrogen-bond acceptors (Lipinski definition) is 6. The zero-order valence-electron chi connectivity index (χ0n) is 20.9. The van der Waals surface area contributed by atoms with Crippen LogP contribution in [0.25, 0.3) is 27.8 Å². The first-order valence-electron chi connectivity index (χ1n) is 11.4. The number of hydrogen-bond donors (Lipinski definition) is 3. The summed E-state index contributed by atoms with van der Waals surface area (Å²) in [7, 11) is -3.71. The number of primary sulfonamides is 1. The molecule has 38 heavy (non-hydrogen) atoms. The van der Waals surface area contributed by atoms with E-state index in [1.165, 1.54) is 18.4 Å². The number of aromatic nitrogens is 1. The van der Waals surface area contributed by atoms with Gasteiger partial charge in [-0.25, -0.2) is 13.6 Å². The van der Waals surface area contributed by atoms with Crippen LogP contribution < -0.4 is 16.0 Å². The van der Waals surface area contributed by atoms with Gasteiger partial charge in [-0.05, 0) is 49.7 Å². The predicted molar refractivity (Wildman–Crippen MR) is 157 cm³/mol. The van der Waals surface area contributed by atoms with E-state index in [1.54, 1.807) is 31.2 Å². The van der Waals surface area contributed by atoms with Crippen molar-refractivity contribution in [1.29, 1.82) is 0 Å². The number of rotatable bonds is 11. The third kappa shape index (κ3) is 8.30. The molecule has 3 rings (SSSR count). The molecule has 0 radical (unpaired) electrons. The lowest BCUT2D eigenvalue weighted by Crippen LogP contribution is -2.17. The maximum atomic E-state index is 13.0. The van der Waals surface area contributed by atoms with E-state index in [1.807, 2.05) is 30.3 Å². The molecular weight excluding hydrogens is 524 g/mol. The summed E-state index contributed by atoms with van der Waals surface area (Å²) < 4.78 is 22.7. The number of fused-ring (bicyclic) bond motifs is 1. The summed E-state index contributed by atoms with van der Waals surface area (Å²) in [6, 6.07) is 14.7. The molecule has 3 aromatic rings. The van der Waals surface area contributed by atoms with Gasteiger partial charge in [0.05, 0.1) is 16.7 Å². The molecule has 0 saturated carbocycles. The monoisotopic (exact) mass is 552 g/mol. The Morgan fingerprint density at radius 2 is 1.95 bits per heavy atom. The summed E-state index contributed by atoms with van der Waals surface area (Å²) in [4.78, 5) is 21.3. The Morgan fingerprint density at radius 3 is 2.61 bits per heavy atom. The van der Waals surface area contributed by atoms with Crippen LogP contribution in [0.1, 0.15) is 18.9 Å². The number of nitrogens with two attached hydrogens (primary N) is 1. The number of benzene rings is 2. The highest BCUT2D eigenvalue weighted by Crippen LogP contribution is 2.34. The Balaban J connectivity index is 0.00000247. The fraction of sp³-hybridized carbons (Fsp3) is 0.143. The number of pyridine rings is 1. The predicted octanol–water partition coefficient (Wildman–Crippen LogP) is 4.80. The molecule has 0 unspecified atom stereocenters. The van der Waals surface area contributed by atoms with Gasteiger partial charge in [-0.1, -0.05) is 65.8 Å². The fourth-order valence-corrected chi connectivity index (χ4v) is 4.31. The Morgan fingerprint density at radius 1 is 1.24 bits per heavy atom. The van der Waals surface area contributed by atoms with Crippen molar-refractivity contribution in [2.24, 2.45) is 10.3 Å². The minimum absolute atomic E-state index is 0.0665. The van der Waals surface area contributed by atoms with E-state index in [-0.39, 0.29) is 21.8 Å². The van der Waals surface area contributed by atoms with E-state index in [4.69, 9.17) is 21.6 Å². The molecule has 0 bridgehead atoms. The van der Waals surface area contributed by atoms with Gasteiger partial charge < -0.3 is 15.1 Å². The third-order valence-electron chi connectivity index (χ3n) is 5.17. The van der Waals surface area contributed by atoms with E-state index < -0.39 is 10.0 Å². The summed E-state index contributed by atoms with van der Waals surface area (Å²) in [5.74, 6) is 0.0954. The molecule has 1 heterocycles. The number of aromatic amines is 1. The molecule has 0 aliphatic heterocycles. The standard InChI is InChI=1S/C26H27ClN4O4S.C2H2/c1-3-21(36(28,33)34)11-7-8-14-29-15-16-30-35-18(2)24-25(19-9-5-4-6-10-19)22-17-20(27)12-13-23(22)31-26(24)32;1-2/h3-7,9-13,16-17,29H,2,8,14-15H2,1H3,(H,31,32)(H2,28,33,34);1-2H/b11-7-,21-3+,30-16+;. The molecule has 0 aliphatic rings. The molecule has 0 saturated heterocycles. The van der Waals surface area contributed by atoms with E-state index in [0.29, 0.717) is 35.6 Å². The average molecular weight is 553 g/mol. The maximum Gasteiger partial charge on any atom is 0.260 e. The highest BCUT2D eigenvalue weighted by Gasteiger charge is 2.18. The zero-order chi connectivity index (χ0) is 28.1.